The smallest absolute Gasteiger partial charge is 0.455 e. The third kappa shape index (κ3) is 5.63. The molecule has 0 spiro atoms. The van der Waals surface area contributed by atoms with Crippen molar-refractivity contribution in [2.75, 3.05) is 31.3 Å². The summed E-state index contributed by atoms with van der Waals surface area (Å²) in [6.45, 7) is 1.66. The summed E-state index contributed by atoms with van der Waals surface area (Å²) in [6.07, 6.45) is 3.49. The van der Waals surface area contributed by atoms with E-state index < -0.39 is 38.3 Å². The molecule has 194 valence electrons. The average Bonchev–Trinajstić information content (AvgIpc) is 3.42. The third-order valence-electron chi connectivity index (χ3n) is 5.50. The summed E-state index contributed by atoms with van der Waals surface area (Å²) in [7, 11) is -0.235. The zero-order valence-electron chi connectivity index (χ0n) is 20.0. The number of pyridine rings is 1. The van der Waals surface area contributed by atoms with Crippen LogP contribution < -0.4 is 10.6 Å². The van der Waals surface area contributed by atoms with Crippen molar-refractivity contribution in [1.29, 1.82) is 0 Å². The van der Waals surface area contributed by atoms with Gasteiger partial charge in [0.2, 0.25) is 0 Å². The molecule has 15 heteroatoms. The van der Waals surface area contributed by atoms with Gasteiger partial charge in [0.1, 0.15) is 24.1 Å². The van der Waals surface area contributed by atoms with Gasteiger partial charge >= 0.3 is 13.8 Å². The second-order valence-corrected chi connectivity index (χ2v) is 9.69. The topological polar surface area (TPSA) is 177 Å². The number of esters is 1. The Hall–Kier alpha value is -3.16. The lowest BCUT2D eigenvalue weighted by Gasteiger charge is -2.29. The molecule has 0 aliphatic carbocycles. The molecule has 0 bridgehead atoms. The first-order valence-corrected chi connectivity index (χ1v) is 12.7. The quantitative estimate of drug-likeness (QED) is 0.366. The van der Waals surface area contributed by atoms with Crippen LogP contribution in [-0.2, 0) is 27.9 Å². The average molecular weight is 521 g/mol. The Morgan fingerprint density at radius 2 is 2.06 bits per heavy atom. The maximum atomic E-state index is 12.1. The SMILES string of the molecule is CCCC(=O)O[C@@H]1[C@@H]2OP(=O)(O)OC[C@H]2O[C@H]1n1cnc2c(N)ncnc21.CN(C)c1ccncc1. The molecule has 2 aliphatic rings. The van der Waals surface area contributed by atoms with Gasteiger partial charge in [-0.15, -0.1) is 0 Å². The number of rotatable bonds is 5. The molecule has 0 amide bonds. The predicted octanol–water partition coefficient (Wildman–Crippen LogP) is 1.68. The summed E-state index contributed by atoms with van der Waals surface area (Å²) in [5.74, 6) is -0.286. The van der Waals surface area contributed by atoms with Crippen molar-refractivity contribution in [1.82, 2.24) is 24.5 Å². The number of nitrogens with two attached hydrogens (primary N) is 1. The summed E-state index contributed by atoms with van der Waals surface area (Å²) in [6, 6.07) is 3.94. The van der Waals surface area contributed by atoms with Crippen molar-refractivity contribution in [3.05, 3.63) is 37.2 Å². The van der Waals surface area contributed by atoms with Crippen molar-refractivity contribution in [3.8, 4) is 0 Å². The van der Waals surface area contributed by atoms with E-state index in [1.807, 2.05) is 38.1 Å². The molecule has 2 aliphatic heterocycles. The van der Waals surface area contributed by atoms with Crippen LogP contribution in [0.1, 0.15) is 26.0 Å². The molecule has 5 heterocycles. The second-order valence-electron chi connectivity index (χ2n) is 8.29. The van der Waals surface area contributed by atoms with Gasteiger partial charge < -0.3 is 25.0 Å². The molecular weight excluding hydrogens is 493 g/mol. The number of hydrogen-bond donors (Lipinski definition) is 2. The van der Waals surface area contributed by atoms with E-state index >= 15 is 0 Å². The van der Waals surface area contributed by atoms with Gasteiger partial charge in [-0.25, -0.2) is 19.5 Å². The largest absolute Gasteiger partial charge is 0.472 e. The Morgan fingerprint density at radius 3 is 2.72 bits per heavy atom. The van der Waals surface area contributed by atoms with Gasteiger partial charge in [-0.05, 0) is 18.6 Å². The molecule has 5 rings (SSSR count). The molecule has 2 fully saturated rings. The lowest BCUT2D eigenvalue weighted by atomic mass is 10.1. The molecule has 1 unspecified atom stereocenters. The molecule has 14 nitrogen and oxygen atoms in total. The number of carbonyl (C=O) groups is 1. The van der Waals surface area contributed by atoms with E-state index in [4.69, 9.17) is 24.3 Å². The van der Waals surface area contributed by atoms with Crippen LogP contribution in [0.15, 0.2) is 37.2 Å². The minimum atomic E-state index is -4.25. The first kappa shape index (κ1) is 25.9. The molecule has 5 atom stereocenters. The van der Waals surface area contributed by atoms with Crippen LogP contribution in [0, 0.1) is 0 Å². The number of ether oxygens (including phenoxy) is 2. The van der Waals surface area contributed by atoms with Crippen LogP contribution >= 0.6 is 7.82 Å². The molecule has 3 aromatic rings. The fraction of sp³-hybridized carbons (Fsp3) is 0.476. The van der Waals surface area contributed by atoms with Gasteiger partial charge in [0.25, 0.3) is 0 Å². The molecule has 3 aromatic heterocycles. The van der Waals surface area contributed by atoms with Gasteiger partial charge in [0.15, 0.2) is 23.8 Å². The number of nitrogens with zero attached hydrogens (tertiary/aromatic N) is 6. The zero-order valence-corrected chi connectivity index (χ0v) is 20.9. The van der Waals surface area contributed by atoms with Crippen molar-refractivity contribution < 1.29 is 32.8 Å². The van der Waals surface area contributed by atoms with Crippen LogP contribution in [0.5, 0.6) is 0 Å². The normalized spacial score (nSPS) is 27.1. The van der Waals surface area contributed by atoms with Crippen LogP contribution in [-0.4, -0.2) is 74.4 Å². The first-order valence-electron chi connectivity index (χ1n) is 11.2. The molecule has 36 heavy (non-hydrogen) atoms. The van der Waals surface area contributed by atoms with Gasteiger partial charge in [0, 0.05) is 38.6 Å². The first-order chi connectivity index (χ1) is 17.2. The van der Waals surface area contributed by atoms with Crippen molar-refractivity contribution in [3.63, 3.8) is 0 Å². The Kier molecular flexibility index (Phi) is 7.81. The van der Waals surface area contributed by atoms with Crippen molar-refractivity contribution >= 4 is 36.5 Å². The zero-order chi connectivity index (χ0) is 25.9. The standard InChI is InChI=1S/C14H18N5O7P.C7H10N2/c1-2-3-8(20)25-11-10-7(4-23-27(21,22)26-10)24-14(11)19-6-18-9-12(15)16-5-17-13(9)19;1-9(2)7-3-5-8-6-4-7/h5-7,10-11,14H,2-4H2,1H3,(H,21,22)(H2,15,16,17);3-6H,1-2H3/t7-,10-,11-,14-;/m1./s1. The summed E-state index contributed by atoms with van der Waals surface area (Å²) in [5.41, 5.74) is 7.72. The number of carbonyl (C=O) groups excluding carboxylic acids is 1. The number of anilines is 2. The van der Waals surface area contributed by atoms with E-state index in [-0.39, 0.29) is 18.8 Å². The van der Waals surface area contributed by atoms with Crippen molar-refractivity contribution in [2.45, 2.75) is 44.3 Å². The number of imidazole rings is 1. The number of fused-ring (bicyclic) bond motifs is 2. The summed E-state index contributed by atoms with van der Waals surface area (Å²) in [4.78, 5) is 39.9. The predicted molar refractivity (Wildman–Crippen MR) is 128 cm³/mol. The molecular formula is C21H28N7O7P. The Balaban J connectivity index is 0.000000286. The van der Waals surface area contributed by atoms with Gasteiger partial charge in [-0.3, -0.25) is 23.4 Å². The number of aromatic nitrogens is 5. The molecule has 0 radical (unpaired) electrons. The summed E-state index contributed by atoms with van der Waals surface area (Å²) >= 11 is 0. The highest BCUT2D eigenvalue weighted by molar-refractivity contribution is 7.47. The van der Waals surface area contributed by atoms with Gasteiger partial charge in [0.05, 0.1) is 12.9 Å². The minimum absolute atomic E-state index is 0.180. The third-order valence-corrected chi connectivity index (χ3v) is 6.49. The highest BCUT2D eigenvalue weighted by Gasteiger charge is 2.55. The van der Waals surface area contributed by atoms with E-state index in [0.29, 0.717) is 17.6 Å². The van der Waals surface area contributed by atoms with Crippen LogP contribution in [0.4, 0.5) is 11.5 Å². The van der Waals surface area contributed by atoms with E-state index in [1.165, 1.54) is 22.9 Å². The Labute approximate surface area is 207 Å². The Bertz CT molecular complexity index is 1240. The monoisotopic (exact) mass is 521 g/mol. The maximum absolute atomic E-state index is 12.1. The summed E-state index contributed by atoms with van der Waals surface area (Å²) < 4.78 is 34.8. The molecule has 2 saturated heterocycles. The van der Waals surface area contributed by atoms with Gasteiger partial charge in [-0.2, -0.15) is 0 Å². The van der Waals surface area contributed by atoms with Gasteiger partial charge in [-0.1, -0.05) is 6.92 Å². The minimum Gasteiger partial charge on any atom is -0.455 e. The fourth-order valence-corrected chi connectivity index (χ4v) is 4.74. The highest BCUT2D eigenvalue weighted by Crippen LogP contribution is 2.53. The fourth-order valence-electron chi connectivity index (χ4n) is 3.78. The molecule has 3 N–H and O–H groups in total. The number of hydrogen-bond acceptors (Lipinski definition) is 12. The van der Waals surface area contributed by atoms with Crippen LogP contribution in [0.3, 0.4) is 0 Å². The van der Waals surface area contributed by atoms with Crippen molar-refractivity contribution in [2.24, 2.45) is 0 Å². The van der Waals surface area contributed by atoms with Crippen LogP contribution in [0.2, 0.25) is 0 Å². The van der Waals surface area contributed by atoms with E-state index in [1.54, 1.807) is 12.4 Å². The van der Waals surface area contributed by atoms with Crippen LogP contribution in [0.25, 0.3) is 11.2 Å². The van der Waals surface area contributed by atoms with E-state index in [9.17, 15) is 14.3 Å². The molecule has 0 saturated carbocycles. The lowest BCUT2D eigenvalue weighted by molar-refractivity contribution is -0.158. The Morgan fingerprint density at radius 1 is 1.31 bits per heavy atom. The lowest BCUT2D eigenvalue weighted by Crippen LogP contribution is -2.41. The maximum Gasteiger partial charge on any atom is 0.472 e. The van der Waals surface area contributed by atoms with E-state index in [0.717, 1.165) is 0 Å². The number of nitrogen functional groups attached to an aromatic ring is 1. The highest BCUT2D eigenvalue weighted by atomic mass is 31.2. The summed E-state index contributed by atoms with van der Waals surface area (Å²) in [5, 5.41) is 0. The second kappa shape index (κ2) is 10.8. The number of phosphoric ester groups is 1. The number of phosphoric acid groups is 1. The molecule has 0 aromatic carbocycles. The van der Waals surface area contributed by atoms with E-state index in [2.05, 4.69) is 19.9 Å².